The van der Waals surface area contributed by atoms with E-state index in [1.165, 1.54) is 32.4 Å². The zero-order valence-corrected chi connectivity index (χ0v) is 13.6. The molecule has 24 heavy (non-hydrogen) atoms. The van der Waals surface area contributed by atoms with E-state index in [1.807, 2.05) is 6.92 Å². The number of methoxy groups -OCH3 is 2. The van der Waals surface area contributed by atoms with E-state index in [2.05, 4.69) is 10.1 Å². The van der Waals surface area contributed by atoms with E-state index >= 15 is 0 Å². The highest BCUT2D eigenvalue weighted by Crippen LogP contribution is 2.20. The molecule has 0 unspecified atom stereocenters. The molecule has 0 aromatic heterocycles. The van der Waals surface area contributed by atoms with Crippen LogP contribution in [0, 0.1) is 6.92 Å². The summed E-state index contributed by atoms with van der Waals surface area (Å²) in [5.74, 6) is -1.59. The van der Waals surface area contributed by atoms with Crippen LogP contribution in [0.1, 0.15) is 36.6 Å². The number of carbonyl (C=O) groups is 3. The van der Waals surface area contributed by atoms with Crippen LogP contribution >= 0.6 is 0 Å². The van der Waals surface area contributed by atoms with Gasteiger partial charge in [0, 0.05) is 5.56 Å². The second kappa shape index (κ2) is 7.41. The summed E-state index contributed by atoms with van der Waals surface area (Å²) in [7, 11) is 2.49. The first-order valence-corrected chi connectivity index (χ1v) is 7.15. The third-order valence-electron chi connectivity index (χ3n) is 3.41. The number of ether oxygens (including phenoxy) is 2. The van der Waals surface area contributed by atoms with Crippen LogP contribution in [-0.4, -0.2) is 32.1 Å². The summed E-state index contributed by atoms with van der Waals surface area (Å²) in [6, 6.07) is 11.2. The van der Waals surface area contributed by atoms with E-state index in [0.29, 0.717) is 5.56 Å². The predicted molar refractivity (Wildman–Crippen MR) is 88.3 cm³/mol. The van der Waals surface area contributed by atoms with Gasteiger partial charge in [0.15, 0.2) is 0 Å². The van der Waals surface area contributed by atoms with Crippen LogP contribution in [0.5, 0.6) is 0 Å². The van der Waals surface area contributed by atoms with Gasteiger partial charge in [0.1, 0.15) is 0 Å². The lowest BCUT2D eigenvalue weighted by Gasteiger charge is -2.11. The number of nitrogens with one attached hydrogen (secondary N) is 1. The largest absolute Gasteiger partial charge is 0.465 e. The molecular weight excluding hydrogens is 310 g/mol. The molecule has 6 nitrogen and oxygen atoms in total. The predicted octanol–water partition coefficient (Wildman–Crippen LogP) is 2.82. The maximum absolute atomic E-state index is 12.4. The summed E-state index contributed by atoms with van der Waals surface area (Å²) in [5, 5.41) is 2.63. The van der Waals surface area contributed by atoms with Crippen molar-refractivity contribution in [3.63, 3.8) is 0 Å². The normalized spacial score (nSPS) is 9.96. The molecule has 0 saturated heterocycles. The molecule has 0 atom stereocenters. The van der Waals surface area contributed by atoms with Gasteiger partial charge in [0.2, 0.25) is 0 Å². The molecule has 0 spiro atoms. The topological polar surface area (TPSA) is 81.7 Å². The van der Waals surface area contributed by atoms with Gasteiger partial charge in [-0.25, -0.2) is 9.59 Å². The molecule has 124 valence electrons. The minimum atomic E-state index is -0.620. The molecule has 0 saturated carbocycles. The highest BCUT2D eigenvalue weighted by atomic mass is 16.5. The van der Waals surface area contributed by atoms with Gasteiger partial charge in [0.05, 0.1) is 31.0 Å². The van der Waals surface area contributed by atoms with Crippen molar-refractivity contribution in [1.29, 1.82) is 0 Å². The Morgan fingerprint density at radius 1 is 0.833 bits per heavy atom. The summed E-state index contributed by atoms with van der Waals surface area (Å²) >= 11 is 0. The molecule has 0 radical (unpaired) electrons. The lowest BCUT2D eigenvalue weighted by molar-refractivity contribution is 0.0587. The minimum Gasteiger partial charge on any atom is -0.465 e. The Bertz CT molecular complexity index is 780. The van der Waals surface area contributed by atoms with Gasteiger partial charge < -0.3 is 14.8 Å². The number of carbonyl (C=O) groups excluding carboxylic acids is 3. The van der Waals surface area contributed by atoms with Gasteiger partial charge in [0.25, 0.3) is 5.91 Å². The monoisotopic (exact) mass is 327 g/mol. The van der Waals surface area contributed by atoms with Crippen LogP contribution in [0.2, 0.25) is 0 Å². The van der Waals surface area contributed by atoms with Crippen molar-refractivity contribution in [3.8, 4) is 0 Å². The van der Waals surface area contributed by atoms with E-state index < -0.39 is 17.8 Å². The van der Waals surface area contributed by atoms with E-state index in [0.717, 1.165) is 5.56 Å². The Morgan fingerprint density at radius 3 is 2.00 bits per heavy atom. The standard InChI is InChI=1S/C18H17NO5/c1-11-4-6-12(7-5-11)16(20)19-15-10-13(17(21)23-2)8-9-14(15)18(22)24-3/h4-10H,1-3H3,(H,19,20). The van der Waals surface area contributed by atoms with E-state index in [9.17, 15) is 14.4 Å². The molecule has 0 aliphatic rings. The molecule has 0 fully saturated rings. The number of aryl methyl sites for hydroxylation is 1. The first-order chi connectivity index (χ1) is 11.5. The zero-order chi connectivity index (χ0) is 17.7. The molecule has 1 amide bonds. The van der Waals surface area contributed by atoms with E-state index in [1.54, 1.807) is 24.3 Å². The molecule has 0 aliphatic carbocycles. The molecule has 2 aromatic carbocycles. The highest BCUT2D eigenvalue weighted by molar-refractivity contribution is 6.09. The van der Waals surface area contributed by atoms with Gasteiger partial charge >= 0.3 is 11.9 Å². The molecule has 0 aliphatic heterocycles. The number of rotatable bonds is 4. The second-order valence-electron chi connectivity index (χ2n) is 5.06. The Labute approximate surface area is 139 Å². The van der Waals surface area contributed by atoms with Crippen LogP contribution in [-0.2, 0) is 9.47 Å². The Morgan fingerprint density at radius 2 is 1.42 bits per heavy atom. The van der Waals surface area contributed by atoms with Gasteiger partial charge in [-0.1, -0.05) is 17.7 Å². The Hall–Kier alpha value is -3.15. The zero-order valence-electron chi connectivity index (χ0n) is 13.6. The Balaban J connectivity index is 2.38. The molecule has 0 bridgehead atoms. The highest BCUT2D eigenvalue weighted by Gasteiger charge is 2.17. The summed E-state index contributed by atoms with van der Waals surface area (Å²) < 4.78 is 9.35. The lowest BCUT2D eigenvalue weighted by Crippen LogP contribution is -2.16. The first-order valence-electron chi connectivity index (χ1n) is 7.15. The van der Waals surface area contributed by atoms with Crippen molar-refractivity contribution in [2.75, 3.05) is 19.5 Å². The second-order valence-corrected chi connectivity index (χ2v) is 5.06. The summed E-state index contributed by atoms with van der Waals surface area (Å²) in [6.07, 6.45) is 0. The van der Waals surface area contributed by atoms with Crippen molar-refractivity contribution < 1.29 is 23.9 Å². The quantitative estimate of drug-likeness (QED) is 0.873. The molecule has 6 heteroatoms. The van der Waals surface area contributed by atoms with Crippen molar-refractivity contribution >= 4 is 23.5 Å². The van der Waals surface area contributed by atoms with Crippen molar-refractivity contribution in [2.24, 2.45) is 0 Å². The number of hydrogen-bond acceptors (Lipinski definition) is 5. The fourth-order valence-corrected chi connectivity index (χ4v) is 2.08. The maximum Gasteiger partial charge on any atom is 0.339 e. The molecule has 2 rings (SSSR count). The number of esters is 2. The van der Waals surface area contributed by atoms with Gasteiger partial charge in [-0.15, -0.1) is 0 Å². The lowest BCUT2D eigenvalue weighted by atomic mass is 10.1. The molecule has 0 heterocycles. The van der Waals surface area contributed by atoms with Gasteiger partial charge in [-0.2, -0.15) is 0 Å². The smallest absolute Gasteiger partial charge is 0.339 e. The van der Waals surface area contributed by atoms with Crippen LogP contribution in [0.25, 0.3) is 0 Å². The van der Waals surface area contributed by atoms with Crippen molar-refractivity contribution in [3.05, 3.63) is 64.7 Å². The Kier molecular flexibility index (Phi) is 5.31. The summed E-state index contributed by atoms with van der Waals surface area (Å²) in [5.41, 5.74) is 1.99. The number of benzene rings is 2. The van der Waals surface area contributed by atoms with Crippen molar-refractivity contribution in [1.82, 2.24) is 0 Å². The average molecular weight is 327 g/mol. The van der Waals surface area contributed by atoms with Crippen LogP contribution < -0.4 is 5.32 Å². The summed E-state index contributed by atoms with van der Waals surface area (Å²) in [6.45, 7) is 1.91. The SMILES string of the molecule is COC(=O)c1ccc(C(=O)OC)c(NC(=O)c2ccc(C)cc2)c1. The molecular formula is C18H17NO5. The van der Waals surface area contributed by atoms with Gasteiger partial charge in [-0.3, -0.25) is 4.79 Å². The first kappa shape index (κ1) is 17.2. The van der Waals surface area contributed by atoms with Gasteiger partial charge in [-0.05, 0) is 37.3 Å². The molecule has 2 aromatic rings. The van der Waals surface area contributed by atoms with Crippen molar-refractivity contribution in [2.45, 2.75) is 6.92 Å². The number of hydrogen-bond donors (Lipinski definition) is 1. The van der Waals surface area contributed by atoms with Crippen LogP contribution in [0.4, 0.5) is 5.69 Å². The van der Waals surface area contributed by atoms with Crippen LogP contribution in [0.15, 0.2) is 42.5 Å². The third-order valence-corrected chi connectivity index (χ3v) is 3.41. The molecule has 1 N–H and O–H groups in total. The number of amides is 1. The van der Waals surface area contributed by atoms with E-state index in [-0.39, 0.29) is 16.8 Å². The fourth-order valence-electron chi connectivity index (χ4n) is 2.08. The van der Waals surface area contributed by atoms with E-state index in [4.69, 9.17) is 4.74 Å². The summed E-state index contributed by atoms with van der Waals surface area (Å²) in [4.78, 5) is 35.9. The van der Waals surface area contributed by atoms with Crippen LogP contribution in [0.3, 0.4) is 0 Å². The average Bonchev–Trinajstić information content (AvgIpc) is 2.60. The third kappa shape index (κ3) is 3.78. The maximum atomic E-state index is 12.4. The number of anilines is 1. The fraction of sp³-hybridized carbons (Fsp3) is 0.167. The minimum absolute atomic E-state index is 0.144.